The molecule has 0 aliphatic carbocycles. The third-order valence-corrected chi connectivity index (χ3v) is 6.27. The number of benzene rings is 2. The molecule has 0 saturated heterocycles. The van der Waals surface area contributed by atoms with Gasteiger partial charge in [-0.2, -0.15) is 0 Å². The van der Waals surface area contributed by atoms with Crippen molar-refractivity contribution in [2.45, 2.75) is 32.9 Å². The third kappa shape index (κ3) is 4.21. The fourth-order valence-electron chi connectivity index (χ4n) is 4.36. The predicted octanol–water partition coefficient (Wildman–Crippen LogP) is 2.71. The number of nitrogens with zero attached hydrogens (tertiary/aromatic N) is 1. The average molecular weight is 475 g/mol. The topological polar surface area (TPSA) is 114 Å². The zero-order valence-corrected chi connectivity index (χ0v) is 19.5. The van der Waals surface area contributed by atoms with Gasteiger partial charge in [0.1, 0.15) is 11.6 Å². The van der Waals surface area contributed by atoms with Gasteiger partial charge in [0, 0.05) is 42.5 Å². The summed E-state index contributed by atoms with van der Waals surface area (Å²) >= 11 is 0. The van der Waals surface area contributed by atoms with Crippen LogP contribution in [0.1, 0.15) is 29.8 Å². The van der Waals surface area contributed by atoms with Crippen LogP contribution >= 0.6 is 0 Å². The number of fused-ring (bicyclic) bond motifs is 3. The first-order valence-electron chi connectivity index (χ1n) is 11.6. The zero-order valence-electron chi connectivity index (χ0n) is 19.5. The average Bonchev–Trinajstić information content (AvgIpc) is 3.50. The number of rotatable bonds is 7. The van der Waals surface area contributed by atoms with Gasteiger partial charge in [-0.05, 0) is 38.0 Å². The molecule has 2 aromatic carbocycles. The maximum atomic E-state index is 13.1. The summed E-state index contributed by atoms with van der Waals surface area (Å²) in [4.78, 5) is 41.9. The Morgan fingerprint density at radius 3 is 2.71 bits per heavy atom. The van der Waals surface area contributed by atoms with E-state index in [-0.39, 0.29) is 18.3 Å². The Hall–Kier alpha value is -4.27. The molecule has 0 spiro atoms. The first kappa shape index (κ1) is 22.5. The minimum atomic E-state index is -0.813. The molecule has 9 heteroatoms. The smallest absolute Gasteiger partial charge is 0.257 e. The van der Waals surface area contributed by atoms with E-state index >= 15 is 0 Å². The Bertz CT molecular complexity index is 1500. The van der Waals surface area contributed by atoms with Gasteiger partial charge >= 0.3 is 0 Å². The third-order valence-electron chi connectivity index (χ3n) is 6.27. The van der Waals surface area contributed by atoms with Crippen LogP contribution in [0.2, 0.25) is 0 Å². The SMILES string of the molecule is CCn1cc(C(=O)NC(C)C(=O)NCCc2c[nH]c3ccccc23)c(=O)c2cc3c(cc21)OCO3. The number of aromatic nitrogens is 2. The molecule has 0 fully saturated rings. The van der Waals surface area contributed by atoms with Gasteiger partial charge in [-0.1, -0.05) is 18.2 Å². The molecule has 5 rings (SSSR count). The molecule has 0 bridgehead atoms. The van der Waals surface area contributed by atoms with Crippen molar-refractivity contribution >= 4 is 33.6 Å². The van der Waals surface area contributed by atoms with Crippen molar-refractivity contribution in [3.05, 3.63) is 70.1 Å². The maximum absolute atomic E-state index is 13.1. The monoisotopic (exact) mass is 474 g/mol. The van der Waals surface area contributed by atoms with E-state index in [1.165, 1.54) is 6.20 Å². The molecule has 0 radical (unpaired) electrons. The Balaban J connectivity index is 1.27. The van der Waals surface area contributed by atoms with Gasteiger partial charge in [0.05, 0.1) is 10.9 Å². The standard InChI is InChI=1S/C26H26N4O5/c1-3-30-13-19(24(31)18-10-22-23(11-21(18)30)35-14-34-22)26(33)29-15(2)25(32)27-9-8-16-12-28-20-7-5-4-6-17(16)20/h4-7,10-13,15,28H,3,8-9,14H2,1-2H3,(H,27,32)(H,29,33). The number of hydrogen-bond donors (Lipinski definition) is 3. The molecule has 1 aliphatic rings. The van der Waals surface area contributed by atoms with Gasteiger partial charge in [-0.15, -0.1) is 0 Å². The van der Waals surface area contributed by atoms with Crippen molar-refractivity contribution in [2.24, 2.45) is 0 Å². The van der Waals surface area contributed by atoms with Crippen LogP contribution in [0.25, 0.3) is 21.8 Å². The number of aryl methyl sites for hydroxylation is 1. The second-order valence-corrected chi connectivity index (χ2v) is 8.48. The first-order chi connectivity index (χ1) is 17.0. The van der Waals surface area contributed by atoms with E-state index in [9.17, 15) is 14.4 Å². The van der Waals surface area contributed by atoms with Crippen LogP contribution in [-0.2, 0) is 17.8 Å². The molecule has 0 saturated carbocycles. The van der Waals surface area contributed by atoms with Crippen LogP contribution in [0.3, 0.4) is 0 Å². The van der Waals surface area contributed by atoms with Gasteiger partial charge in [0.15, 0.2) is 11.5 Å². The van der Waals surface area contributed by atoms with E-state index in [1.54, 1.807) is 23.6 Å². The number of amides is 2. The highest BCUT2D eigenvalue weighted by molar-refractivity contribution is 6.00. The highest BCUT2D eigenvalue weighted by Gasteiger charge is 2.23. The Labute approximate surface area is 201 Å². The molecule has 3 heterocycles. The second-order valence-electron chi connectivity index (χ2n) is 8.48. The number of nitrogens with one attached hydrogen (secondary N) is 3. The molecule has 2 amide bonds. The lowest BCUT2D eigenvalue weighted by molar-refractivity contribution is -0.122. The summed E-state index contributed by atoms with van der Waals surface area (Å²) in [5.41, 5.74) is 2.35. The summed E-state index contributed by atoms with van der Waals surface area (Å²) in [6, 6.07) is 10.5. The van der Waals surface area contributed by atoms with Crippen molar-refractivity contribution < 1.29 is 19.1 Å². The highest BCUT2D eigenvalue weighted by atomic mass is 16.7. The van der Waals surface area contributed by atoms with E-state index in [2.05, 4.69) is 15.6 Å². The molecule has 1 aliphatic heterocycles. The van der Waals surface area contributed by atoms with E-state index in [0.717, 1.165) is 16.5 Å². The second kappa shape index (κ2) is 9.17. The van der Waals surface area contributed by atoms with Crippen molar-refractivity contribution in [1.82, 2.24) is 20.2 Å². The van der Waals surface area contributed by atoms with Crippen LogP contribution in [-0.4, -0.2) is 40.7 Å². The molecular weight excluding hydrogens is 448 g/mol. The highest BCUT2D eigenvalue weighted by Crippen LogP contribution is 2.35. The maximum Gasteiger partial charge on any atom is 0.257 e. The van der Waals surface area contributed by atoms with Gasteiger partial charge in [0.2, 0.25) is 18.1 Å². The first-order valence-corrected chi connectivity index (χ1v) is 11.6. The number of carbonyl (C=O) groups is 2. The van der Waals surface area contributed by atoms with Crippen LogP contribution in [0.4, 0.5) is 0 Å². The van der Waals surface area contributed by atoms with Crippen molar-refractivity contribution in [3.8, 4) is 11.5 Å². The lowest BCUT2D eigenvalue weighted by atomic mass is 10.1. The molecule has 4 aromatic rings. The molecule has 1 atom stereocenters. The fraction of sp³-hybridized carbons (Fsp3) is 0.269. The minimum Gasteiger partial charge on any atom is -0.454 e. The Morgan fingerprint density at radius 1 is 1.14 bits per heavy atom. The molecule has 35 heavy (non-hydrogen) atoms. The number of ether oxygens (including phenoxy) is 2. The van der Waals surface area contributed by atoms with E-state index in [1.807, 2.05) is 37.4 Å². The van der Waals surface area contributed by atoms with Crippen molar-refractivity contribution in [2.75, 3.05) is 13.3 Å². The minimum absolute atomic E-state index is 0.0309. The Kier molecular flexibility index (Phi) is 5.90. The van der Waals surface area contributed by atoms with Crippen LogP contribution in [0.5, 0.6) is 11.5 Å². The van der Waals surface area contributed by atoms with E-state index < -0.39 is 17.4 Å². The van der Waals surface area contributed by atoms with Gasteiger partial charge < -0.3 is 29.7 Å². The molecule has 3 N–H and O–H groups in total. The number of hydrogen-bond acceptors (Lipinski definition) is 5. The summed E-state index contributed by atoms with van der Waals surface area (Å²) in [7, 11) is 0. The number of para-hydroxylation sites is 1. The number of pyridine rings is 1. The fourth-order valence-corrected chi connectivity index (χ4v) is 4.36. The van der Waals surface area contributed by atoms with Gasteiger partial charge in [0.25, 0.3) is 5.91 Å². The molecule has 180 valence electrons. The summed E-state index contributed by atoms with van der Waals surface area (Å²) in [6.45, 7) is 4.57. The van der Waals surface area contributed by atoms with Crippen LogP contribution in [0, 0.1) is 0 Å². The van der Waals surface area contributed by atoms with E-state index in [0.29, 0.717) is 41.9 Å². The molecular formula is C26H26N4O5. The van der Waals surface area contributed by atoms with Crippen molar-refractivity contribution in [1.29, 1.82) is 0 Å². The number of H-pyrrole nitrogens is 1. The molecule has 2 aromatic heterocycles. The quantitative estimate of drug-likeness (QED) is 0.381. The number of aromatic amines is 1. The van der Waals surface area contributed by atoms with Crippen LogP contribution < -0.4 is 25.5 Å². The predicted molar refractivity (Wildman–Crippen MR) is 132 cm³/mol. The van der Waals surface area contributed by atoms with Crippen LogP contribution in [0.15, 0.2) is 53.6 Å². The Morgan fingerprint density at radius 2 is 1.91 bits per heavy atom. The lowest BCUT2D eigenvalue weighted by Gasteiger charge is -2.16. The summed E-state index contributed by atoms with van der Waals surface area (Å²) in [5.74, 6) is 0.112. The van der Waals surface area contributed by atoms with E-state index in [4.69, 9.17) is 9.47 Å². The summed E-state index contributed by atoms with van der Waals surface area (Å²) in [6.07, 6.45) is 4.11. The lowest BCUT2D eigenvalue weighted by Crippen LogP contribution is -2.46. The normalized spacial score (nSPS) is 13.2. The zero-order chi connectivity index (χ0) is 24.5. The molecule has 1 unspecified atom stereocenters. The molecule has 9 nitrogen and oxygen atoms in total. The van der Waals surface area contributed by atoms with Gasteiger partial charge in [-0.3, -0.25) is 14.4 Å². The number of carbonyl (C=O) groups excluding carboxylic acids is 2. The van der Waals surface area contributed by atoms with Crippen molar-refractivity contribution in [3.63, 3.8) is 0 Å². The summed E-state index contributed by atoms with van der Waals surface area (Å²) in [5, 5.41) is 6.99. The summed E-state index contributed by atoms with van der Waals surface area (Å²) < 4.78 is 12.6. The van der Waals surface area contributed by atoms with Gasteiger partial charge in [-0.25, -0.2) is 0 Å². The largest absolute Gasteiger partial charge is 0.454 e.